The molecular weight excluding hydrogens is 383 g/mol. The van der Waals surface area contributed by atoms with E-state index >= 15 is 0 Å². The van der Waals surface area contributed by atoms with Crippen molar-refractivity contribution < 1.29 is 19.1 Å². The Labute approximate surface area is 157 Å². The van der Waals surface area contributed by atoms with Crippen LogP contribution in [-0.4, -0.2) is 25.5 Å². The molecule has 25 heavy (non-hydrogen) atoms. The van der Waals surface area contributed by atoms with E-state index in [4.69, 9.17) is 32.7 Å². The first kappa shape index (κ1) is 17.7. The molecule has 3 aromatic rings. The summed E-state index contributed by atoms with van der Waals surface area (Å²) in [5, 5.41) is 1.44. The van der Waals surface area contributed by atoms with E-state index in [2.05, 4.69) is 0 Å². The van der Waals surface area contributed by atoms with Crippen molar-refractivity contribution in [3.05, 3.63) is 63.0 Å². The summed E-state index contributed by atoms with van der Waals surface area (Å²) >= 11 is 13.5. The fraction of sp³-hybridized carbons (Fsp3) is 0.111. The summed E-state index contributed by atoms with van der Waals surface area (Å²) in [5.41, 5.74) is 0.334. The molecule has 7 heteroatoms. The lowest BCUT2D eigenvalue weighted by Gasteiger charge is -2.06. The number of esters is 1. The second-order valence-electron chi connectivity index (χ2n) is 5.09. The van der Waals surface area contributed by atoms with Crippen LogP contribution in [-0.2, 0) is 4.74 Å². The van der Waals surface area contributed by atoms with E-state index in [1.54, 1.807) is 12.1 Å². The molecule has 128 valence electrons. The van der Waals surface area contributed by atoms with Gasteiger partial charge in [-0.3, -0.25) is 4.79 Å². The van der Waals surface area contributed by atoms with E-state index < -0.39 is 12.6 Å². The minimum atomic E-state index is -0.626. The van der Waals surface area contributed by atoms with Crippen molar-refractivity contribution >= 4 is 56.4 Å². The van der Waals surface area contributed by atoms with E-state index in [1.165, 1.54) is 24.5 Å². The van der Waals surface area contributed by atoms with E-state index in [9.17, 15) is 9.59 Å². The number of hydrogen-bond donors (Lipinski definition) is 0. The van der Waals surface area contributed by atoms with Gasteiger partial charge in [0, 0.05) is 15.6 Å². The number of ether oxygens (including phenoxy) is 2. The topological polar surface area (TPSA) is 52.6 Å². The highest BCUT2D eigenvalue weighted by Crippen LogP contribution is 2.35. The molecule has 0 aliphatic heterocycles. The van der Waals surface area contributed by atoms with Crippen LogP contribution >= 0.6 is 34.5 Å². The fourth-order valence-electron chi connectivity index (χ4n) is 2.27. The lowest BCUT2D eigenvalue weighted by Crippen LogP contribution is -2.13. The number of halogens is 2. The van der Waals surface area contributed by atoms with E-state index in [-0.39, 0.29) is 10.7 Å². The van der Waals surface area contributed by atoms with Crippen LogP contribution in [0, 0.1) is 0 Å². The number of hydrogen-bond acceptors (Lipinski definition) is 5. The summed E-state index contributed by atoms with van der Waals surface area (Å²) in [5.74, 6) is -0.526. The molecule has 0 atom stereocenters. The summed E-state index contributed by atoms with van der Waals surface area (Å²) in [7, 11) is 1.49. The first-order valence-corrected chi connectivity index (χ1v) is 8.79. The van der Waals surface area contributed by atoms with Gasteiger partial charge in [-0.25, -0.2) is 4.79 Å². The molecule has 0 fully saturated rings. The minimum Gasteiger partial charge on any atom is -0.495 e. The van der Waals surface area contributed by atoms with Gasteiger partial charge in [0.2, 0.25) is 0 Å². The molecule has 0 unspecified atom stereocenters. The van der Waals surface area contributed by atoms with Crippen LogP contribution < -0.4 is 4.74 Å². The van der Waals surface area contributed by atoms with Gasteiger partial charge in [0.15, 0.2) is 12.4 Å². The summed E-state index contributed by atoms with van der Waals surface area (Å²) in [6.07, 6.45) is 0. The molecular formula is C18H12Cl2O4S. The SMILES string of the molecule is COc1ccc(C(=O)COC(=O)c2sc3ccccc3c2Cl)cc1Cl. The summed E-state index contributed by atoms with van der Waals surface area (Å²) in [4.78, 5) is 24.7. The molecule has 0 radical (unpaired) electrons. The lowest BCUT2D eigenvalue weighted by molar-refractivity contribution is 0.0480. The number of Topliss-reactive ketones (excluding diaryl/α,β-unsaturated/α-hetero) is 1. The molecule has 3 rings (SSSR count). The average molecular weight is 395 g/mol. The zero-order valence-corrected chi connectivity index (χ0v) is 15.4. The quantitative estimate of drug-likeness (QED) is 0.437. The first-order valence-electron chi connectivity index (χ1n) is 7.22. The van der Waals surface area contributed by atoms with Crippen LogP contribution in [0.25, 0.3) is 10.1 Å². The van der Waals surface area contributed by atoms with Crippen LogP contribution in [0.3, 0.4) is 0 Å². The standard InChI is InChI=1S/C18H12Cl2O4S/c1-23-14-7-6-10(8-12(14)19)13(21)9-24-18(22)17-16(20)11-4-2-3-5-15(11)25-17/h2-8H,9H2,1H3. The van der Waals surface area contributed by atoms with E-state index in [0.717, 1.165) is 10.1 Å². The van der Waals surface area contributed by atoms with Gasteiger partial charge in [-0.15, -0.1) is 11.3 Å². The molecule has 1 aromatic heterocycles. The van der Waals surface area contributed by atoms with Crippen molar-refractivity contribution in [3.8, 4) is 5.75 Å². The van der Waals surface area contributed by atoms with Gasteiger partial charge in [-0.05, 0) is 24.3 Å². The second kappa shape index (κ2) is 7.44. The zero-order valence-electron chi connectivity index (χ0n) is 13.0. The molecule has 0 bridgehead atoms. The van der Waals surface area contributed by atoms with Crippen molar-refractivity contribution in [3.63, 3.8) is 0 Å². The second-order valence-corrected chi connectivity index (χ2v) is 6.93. The zero-order chi connectivity index (χ0) is 18.0. The number of methoxy groups -OCH3 is 1. The maximum atomic E-state index is 12.2. The Hall–Kier alpha value is -2.08. The number of carbonyl (C=O) groups excluding carboxylic acids is 2. The molecule has 4 nitrogen and oxygen atoms in total. The van der Waals surface area contributed by atoms with Crippen LogP contribution in [0.1, 0.15) is 20.0 Å². The maximum absolute atomic E-state index is 12.2. The molecule has 0 N–H and O–H groups in total. The van der Waals surface area contributed by atoms with Crippen molar-refractivity contribution in [2.75, 3.05) is 13.7 Å². The molecule has 0 saturated carbocycles. The average Bonchev–Trinajstić information content (AvgIpc) is 2.96. The molecule has 0 aliphatic carbocycles. The lowest BCUT2D eigenvalue weighted by atomic mass is 10.1. The molecule has 0 aliphatic rings. The third-order valence-corrected chi connectivity index (χ3v) is 5.48. The smallest absolute Gasteiger partial charge is 0.350 e. The first-order chi connectivity index (χ1) is 12.0. The van der Waals surface area contributed by atoms with Gasteiger partial charge < -0.3 is 9.47 Å². The Morgan fingerprint density at radius 1 is 1.12 bits per heavy atom. The van der Waals surface area contributed by atoms with E-state index in [1.807, 2.05) is 24.3 Å². The van der Waals surface area contributed by atoms with E-state index in [0.29, 0.717) is 21.4 Å². The Morgan fingerprint density at radius 3 is 2.56 bits per heavy atom. The number of ketones is 1. The Balaban J connectivity index is 1.72. The molecule has 1 heterocycles. The Bertz CT molecular complexity index is 965. The fourth-order valence-corrected chi connectivity index (χ4v) is 3.92. The van der Waals surface area contributed by atoms with Gasteiger partial charge in [0.25, 0.3) is 0 Å². The van der Waals surface area contributed by atoms with Crippen LogP contribution in [0.15, 0.2) is 42.5 Å². The van der Waals surface area contributed by atoms with Gasteiger partial charge >= 0.3 is 5.97 Å². The van der Waals surface area contributed by atoms with Crippen molar-refractivity contribution in [2.24, 2.45) is 0 Å². The van der Waals surface area contributed by atoms with Gasteiger partial charge in [0.05, 0.1) is 17.2 Å². The summed E-state index contributed by atoms with van der Waals surface area (Å²) in [6, 6.07) is 12.0. The van der Waals surface area contributed by atoms with Crippen molar-refractivity contribution in [1.82, 2.24) is 0 Å². The van der Waals surface area contributed by atoms with Crippen LogP contribution in [0.4, 0.5) is 0 Å². The van der Waals surface area contributed by atoms with Crippen molar-refractivity contribution in [2.45, 2.75) is 0 Å². The highest BCUT2D eigenvalue weighted by Gasteiger charge is 2.20. The van der Waals surface area contributed by atoms with Gasteiger partial charge in [-0.1, -0.05) is 41.4 Å². The summed E-state index contributed by atoms with van der Waals surface area (Å²) in [6.45, 7) is -0.397. The Morgan fingerprint density at radius 2 is 1.88 bits per heavy atom. The Kier molecular flexibility index (Phi) is 5.27. The minimum absolute atomic E-state index is 0.281. The number of benzene rings is 2. The molecule has 0 amide bonds. The summed E-state index contributed by atoms with van der Waals surface area (Å²) < 4.78 is 11.0. The molecule has 0 saturated heterocycles. The number of fused-ring (bicyclic) bond motifs is 1. The van der Waals surface area contributed by atoms with Crippen LogP contribution in [0.2, 0.25) is 10.0 Å². The van der Waals surface area contributed by atoms with Crippen molar-refractivity contribution in [1.29, 1.82) is 0 Å². The largest absolute Gasteiger partial charge is 0.495 e. The third-order valence-electron chi connectivity index (χ3n) is 3.53. The number of thiophene rings is 1. The maximum Gasteiger partial charge on any atom is 0.350 e. The third kappa shape index (κ3) is 3.63. The number of carbonyl (C=O) groups is 2. The highest BCUT2D eigenvalue weighted by molar-refractivity contribution is 7.21. The van der Waals surface area contributed by atoms with Gasteiger partial charge in [0.1, 0.15) is 10.6 Å². The van der Waals surface area contributed by atoms with Crippen LogP contribution in [0.5, 0.6) is 5.75 Å². The predicted octanol–water partition coefficient (Wildman–Crippen LogP) is 5.26. The molecule has 2 aromatic carbocycles. The normalized spacial score (nSPS) is 10.7. The predicted molar refractivity (Wildman–Crippen MR) is 99.5 cm³/mol. The molecule has 0 spiro atoms. The highest BCUT2D eigenvalue weighted by atomic mass is 35.5. The van der Waals surface area contributed by atoms with Gasteiger partial charge in [-0.2, -0.15) is 0 Å². The number of rotatable bonds is 5. The monoisotopic (exact) mass is 394 g/mol.